The van der Waals surface area contributed by atoms with E-state index in [1.165, 1.54) is 4.31 Å². The summed E-state index contributed by atoms with van der Waals surface area (Å²) in [4.78, 5) is 12.5. The SMILES string of the molecule is CCN(CC)S(=O)(=O)c1ccc(CNC(=O)CCc2cc(OC)cc(OC)c2)cc1. The molecule has 0 aliphatic carbocycles. The predicted molar refractivity (Wildman–Crippen MR) is 116 cm³/mol. The summed E-state index contributed by atoms with van der Waals surface area (Å²) in [5, 5.41) is 2.87. The van der Waals surface area contributed by atoms with E-state index >= 15 is 0 Å². The molecule has 0 bridgehead atoms. The molecule has 7 nitrogen and oxygen atoms in total. The van der Waals surface area contributed by atoms with Crippen LogP contribution in [0.25, 0.3) is 0 Å². The second kappa shape index (κ2) is 11.0. The largest absolute Gasteiger partial charge is 0.497 e. The maximum atomic E-state index is 12.5. The molecule has 0 aliphatic rings. The van der Waals surface area contributed by atoms with Crippen molar-refractivity contribution in [2.24, 2.45) is 0 Å². The molecule has 0 spiro atoms. The molecule has 8 heteroatoms. The number of ether oxygens (including phenoxy) is 2. The van der Waals surface area contributed by atoms with Crippen molar-refractivity contribution in [2.75, 3.05) is 27.3 Å². The molecule has 2 aromatic rings. The first-order valence-corrected chi connectivity index (χ1v) is 11.4. The van der Waals surface area contributed by atoms with E-state index in [1.807, 2.05) is 26.0 Å². The van der Waals surface area contributed by atoms with Crippen LogP contribution in [0.5, 0.6) is 11.5 Å². The molecule has 1 amide bonds. The van der Waals surface area contributed by atoms with Crippen LogP contribution in [0.4, 0.5) is 0 Å². The Morgan fingerprint density at radius 1 is 0.933 bits per heavy atom. The van der Waals surface area contributed by atoms with Crippen molar-refractivity contribution in [3.8, 4) is 11.5 Å². The molecule has 0 radical (unpaired) electrons. The molecule has 0 fully saturated rings. The minimum atomic E-state index is -3.47. The highest BCUT2D eigenvalue weighted by molar-refractivity contribution is 7.89. The number of hydrogen-bond acceptors (Lipinski definition) is 5. The van der Waals surface area contributed by atoms with Gasteiger partial charge in [0.1, 0.15) is 11.5 Å². The average molecular weight is 435 g/mol. The number of carbonyl (C=O) groups is 1. The van der Waals surface area contributed by atoms with Gasteiger partial charge in [-0.05, 0) is 41.8 Å². The summed E-state index contributed by atoms with van der Waals surface area (Å²) in [5.74, 6) is 1.28. The van der Waals surface area contributed by atoms with Crippen LogP contribution in [0, 0.1) is 0 Å². The molecule has 0 saturated heterocycles. The number of rotatable bonds is 11. The molecule has 1 N–H and O–H groups in total. The monoisotopic (exact) mass is 434 g/mol. The Labute approximate surface area is 179 Å². The summed E-state index contributed by atoms with van der Waals surface area (Å²) in [6.45, 7) is 4.82. The Morgan fingerprint density at radius 3 is 2.00 bits per heavy atom. The van der Waals surface area contributed by atoms with Gasteiger partial charge >= 0.3 is 0 Å². The molecule has 30 heavy (non-hydrogen) atoms. The van der Waals surface area contributed by atoms with Gasteiger partial charge in [-0.1, -0.05) is 26.0 Å². The lowest BCUT2D eigenvalue weighted by molar-refractivity contribution is -0.121. The van der Waals surface area contributed by atoms with E-state index < -0.39 is 10.0 Å². The highest BCUT2D eigenvalue weighted by atomic mass is 32.2. The van der Waals surface area contributed by atoms with Gasteiger partial charge in [-0.3, -0.25) is 4.79 Å². The molecular formula is C22H30N2O5S. The highest BCUT2D eigenvalue weighted by Crippen LogP contribution is 2.23. The van der Waals surface area contributed by atoms with Crippen molar-refractivity contribution in [1.29, 1.82) is 0 Å². The van der Waals surface area contributed by atoms with Gasteiger partial charge in [0.25, 0.3) is 0 Å². The van der Waals surface area contributed by atoms with Crippen LogP contribution in [-0.4, -0.2) is 45.9 Å². The first-order valence-electron chi connectivity index (χ1n) is 9.91. The minimum Gasteiger partial charge on any atom is -0.497 e. The van der Waals surface area contributed by atoms with Crippen molar-refractivity contribution in [2.45, 2.75) is 38.1 Å². The highest BCUT2D eigenvalue weighted by Gasteiger charge is 2.21. The molecule has 0 atom stereocenters. The van der Waals surface area contributed by atoms with Gasteiger partial charge in [-0.25, -0.2) is 8.42 Å². The van der Waals surface area contributed by atoms with Crippen LogP contribution in [0.1, 0.15) is 31.4 Å². The number of carbonyl (C=O) groups excluding carboxylic acids is 1. The van der Waals surface area contributed by atoms with Crippen molar-refractivity contribution in [3.05, 3.63) is 53.6 Å². The summed E-state index contributed by atoms with van der Waals surface area (Å²) in [6, 6.07) is 12.2. The third-order valence-electron chi connectivity index (χ3n) is 4.81. The standard InChI is InChI=1S/C22H30N2O5S/c1-5-24(6-2)30(26,27)21-10-7-17(8-11-21)16-23-22(25)12-9-18-13-19(28-3)15-20(14-18)29-4/h7-8,10-11,13-15H,5-6,9,12,16H2,1-4H3,(H,23,25). The fraction of sp³-hybridized carbons (Fsp3) is 0.409. The summed E-state index contributed by atoms with van der Waals surface area (Å²) >= 11 is 0. The van der Waals surface area contributed by atoms with Crippen molar-refractivity contribution in [3.63, 3.8) is 0 Å². The molecule has 164 valence electrons. The fourth-order valence-electron chi connectivity index (χ4n) is 3.05. The fourth-order valence-corrected chi connectivity index (χ4v) is 4.51. The quantitative estimate of drug-likeness (QED) is 0.588. The zero-order valence-corrected chi connectivity index (χ0v) is 18.8. The number of nitrogens with one attached hydrogen (secondary N) is 1. The number of benzene rings is 2. The smallest absolute Gasteiger partial charge is 0.243 e. The van der Waals surface area contributed by atoms with Gasteiger partial charge in [-0.15, -0.1) is 0 Å². The first-order chi connectivity index (χ1) is 14.3. The Bertz CT molecular complexity index is 916. The Kier molecular flexibility index (Phi) is 8.68. The predicted octanol–water partition coefficient (Wildman–Crippen LogP) is 2.98. The third kappa shape index (κ3) is 6.21. The molecule has 2 aromatic carbocycles. The van der Waals surface area contributed by atoms with E-state index in [4.69, 9.17) is 9.47 Å². The Morgan fingerprint density at radius 2 is 1.50 bits per heavy atom. The Hall–Kier alpha value is -2.58. The average Bonchev–Trinajstić information content (AvgIpc) is 2.76. The van der Waals surface area contributed by atoms with Crippen LogP contribution < -0.4 is 14.8 Å². The molecule has 0 aliphatic heterocycles. The van der Waals surface area contributed by atoms with Gasteiger partial charge in [0.15, 0.2) is 0 Å². The molecule has 0 aromatic heterocycles. The lowest BCUT2D eigenvalue weighted by atomic mass is 10.1. The van der Waals surface area contributed by atoms with Crippen molar-refractivity contribution in [1.82, 2.24) is 9.62 Å². The lowest BCUT2D eigenvalue weighted by Gasteiger charge is -2.18. The number of sulfonamides is 1. The van der Waals surface area contributed by atoms with E-state index in [-0.39, 0.29) is 10.8 Å². The van der Waals surface area contributed by atoms with Gasteiger partial charge in [-0.2, -0.15) is 4.31 Å². The number of aryl methyl sites for hydroxylation is 1. The van der Waals surface area contributed by atoms with Gasteiger partial charge in [0, 0.05) is 32.1 Å². The van der Waals surface area contributed by atoms with E-state index in [9.17, 15) is 13.2 Å². The van der Waals surface area contributed by atoms with Crippen LogP contribution in [0.3, 0.4) is 0 Å². The van der Waals surface area contributed by atoms with Crippen LogP contribution in [0.15, 0.2) is 47.4 Å². The Balaban J connectivity index is 1.91. The van der Waals surface area contributed by atoms with E-state index in [1.54, 1.807) is 44.6 Å². The van der Waals surface area contributed by atoms with E-state index in [2.05, 4.69) is 5.32 Å². The summed E-state index contributed by atoms with van der Waals surface area (Å²) < 4.78 is 36.9. The van der Waals surface area contributed by atoms with Crippen molar-refractivity contribution < 1.29 is 22.7 Å². The van der Waals surface area contributed by atoms with Crippen molar-refractivity contribution >= 4 is 15.9 Å². The summed E-state index contributed by atoms with van der Waals surface area (Å²) in [5.41, 5.74) is 1.79. The van der Waals surface area contributed by atoms with Gasteiger partial charge in [0.05, 0.1) is 19.1 Å². The molecular weight excluding hydrogens is 404 g/mol. The van der Waals surface area contributed by atoms with Crippen LogP contribution in [0.2, 0.25) is 0 Å². The zero-order chi connectivity index (χ0) is 22.1. The normalized spacial score (nSPS) is 11.4. The number of amides is 1. The number of hydrogen-bond donors (Lipinski definition) is 1. The second-order valence-corrected chi connectivity index (χ2v) is 8.67. The topological polar surface area (TPSA) is 84.9 Å². The first kappa shape index (κ1) is 23.7. The zero-order valence-electron chi connectivity index (χ0n) is 18.0. The molecule has 0 heterocycles. The number of methoxy groups -OCH3 is 2. The number of nitrogens with zero attached hydrogens (tertiary/aromatic N) is 1. The lowest BCUT2D eigenvalue weighted by Crippen LogP contribution is -2.30. The van der Waals surface area contributed by atoms with Gasteiger partial charge in [0.2, 0.25) is 15.9 Å². The third-order valence-corrected chi connectivity index (χ3v) is 6.87. The molecule has 0 saturated carbocycles. The van der Waals surface area contributed by atoms with Crippen LogP contribution >= 0.6 is 0 Å². The van der Waals surface area contributed by atoms with E-state index in [0.29, 0.717) is 44.0 Å². The summed E-state index contributed by atoms with van der Waals surface area (Å²) in [6.07, 6.45) is 0.880. The summed E-state index contributed by atoms with van der Waals surface area (Å²) in [7, 11) is -0.300. The van der Waals surface area contributed by atoms with Gasteiger partial charge < -0.3 is 14.8 Å². The minimum absolute atomic E-state index is 0.0865. The maximum absolute atomic E-state index is 12.5. The maximum Gasteiger partial charge on any atom is 0.243 e. The van der Waals surface area contributed by atoms with Crippen LogP contribution in [-0.2, 0) is 27.8 Å². The molecule has 0 unspecified atom stereocenters. The van der Waals surface area contributed by atoms with E-state index in [0.717, 1.165) is 11.1 Å². The second-order valence-electron chi connectivity index (χ2n) is 6.73. The molecule has 2 rings (SSSR count).